The first kappa shape index (κ1) is 13.8. The van der Waals surface area contributed by atoms with E-state index >= 15 is 0 Å². The first-order valence-corrected chi connectivity index (χ1v) is 7.11. The molecule has 0 fully saturated rings. The maximum absolute atomic E-state index is 13.3. The summed E-state index contributed by atoms with van der Waals surface area (Å²) in [7, 11) is 0. The maximum atomic E-state index is 13.3. The number of hydrogen-bond donors (Lipinski definition) is 1. The van der Waals surface area contributed by atoms with E-state index in [0.29, 0.717) is 6.54 Å². The summed E-state index contributed by atoms with van der Waals surface area (Å²) in [5.74, 6) is 0.723. The molecule has 1 N–H and O–H groups in total. The lowest BCUT2D eigenvalue weighted by Gasteiger charge is -2.14. The molecule has 0 spiro atoms. The summed E-state index contributed by atoms with van der Waals surface area (Å²) < 4.78 is 19.0. The fourth-order valence-electron chi connectivity index (χ4n) is 2.59. The van der Waals surface area contributed by atoms with E-state index in [-0.39, 0.29) is 11.9 Å². The van der Waals surface area contributed by atoms with Crippen LogP contribution in [0.2, 0.25) is 0 Å². The Morgan fingerprint density at radius 3 is 2.76 bits per heavy atom. The molecule has 0 bridgehead atoms. The van der Waals surface area contributed by atoms with Crippen molar-refractivity contribution in [1.29, 1.82) is 0 Å². The molecule has 3 heteroatoms. The number of nitrogens with one attached hydrogen (secondary N) is 1. The summed E-state index contributed by atoms with van der Waals surface area (Å²) in [6, 6.07) is 14.8. The van der Waals surface area contributed by atoms with Gasteiger partial charge in [-0.15, -0.1) is 0 Å². The summed E-state index contributed by atoms with van der Waals surface area (Å²) in [4.78, 5) is 0. The minimum absolute atomic E-state index is 0.0776. The molecule has 3 aromatic rings. The molecule has 0 aliphatic rings. The smallest absolute Gasteiger partial charge is 0.134 e. The van der Waals surface area contributed by atoms with Gasteiger partial charge in [0.25, 0.3) is 0 Å². The van der Waals surface area contributed by atoms with E-state index in [2.05, 4.69) is 11.4 Å². The Hall–Kier alpha value is -2.13. The number of fused-ring (bicyclic) bond motifs is 1. The van der Waals surface area contributed by atoms with Gasteiger partial charge in [-0.25, -0.2) is 4.39 Å². The minimum Gasteiger partial charge on any atom is -0.461 e. The van der Waals surface area contributed by atoms with Gasteiger partial charge in [-0.2, -0.15) is 0 Å². The van der Waals surface area contributed by atoms with Crippen molar-refractivity contribution < 1.29 is 8.81 Å². The Morgan fingerprint density at radius 1 is 1.14 bits per heavy atom. The summed E-state index contributed by atoms with van der Waals surface area (Å²) >= 11 is 0. The lowest BCUT2D eigenvalue weighted by molar-refractivity contribution is 0.541. The van der Waals surface area contributed by atoms with Gasteiger partial charge in [0.1, 0.15) is 17.2 Å². The van der Waals surface area contributed by atoms with Crippen LogP contribution in [0.15, 0.2) is 52.9 Å². The summed E-state index contributed by atoms with van der Waals surface area (Å²) in [5.41, 5.74) is 3.01. The van der Waals surface area contributed by atoms with Crippen LogP contribution in [0.5, 0.6) is 0 Å². The third-order valence-electron chi connectivity index (χ3n) is 3.83. The molecule has 0 saturated carbocycles. The van der Waals surface area contributed by atoms with Crippen LogP contribution in [0.4, 0.5) is 4.39 Å². The Labute approximate surface area is 123 Å². The van der Waals surface area contributed by atoms with Crippen LogP contribution in [0.25, 0.3) is 11.0 Å². The van der Waals surface area contributed by atoms with Gasteiger partial charge in [0.2, 0.25) is 0 Å². The predicted molar refractivity (Wildman–Crippen MR) is 82.6 cm³/mol. The van der Waals surface area contributed by atoms with Crippen molar-refractivity contribution in [3.05, 3.63) is 71.2 Å². The maximum Gasteiger partial charge on any atom is 0.134 e. The second kappa shape index (κ2) is 5.70. The van der Waals surface area contributed by atoms with Gasteiger partial charge in [-0.05, 0) is 37.6 Å². The summed E-state index contributed by atoms with van der Waals surface area (Å²) in [6.45, 7) is 4.71. The Morgan fingerprint density at radius 2 is 1.95 bits per heavy atom. The number of rotatable bonds is 4. The molecule has 0 saturated heterocycles. The average Bonchev–Trinajstić information content (AvgIpc) is 2.80. The van der Waals surface area contributed by atoms with Crippen molar-refractivity contribution in [3.8, 4) is 0 Å². The zero-order valence-electron chi connectivity index (χ0n) is 12.2. The Bertz CT molecular complexity index is 763. The molecular weight excluding hydrogens is 265 g/mol. The third-order valence-corrected chi connectivity index (χ3v) is 3.83. The molecule has 1 aromatic heterocycles. The zero-order valence-corrected chi connectivity index (χ0v) is 12.2. The molecule has 0 aliphatic carbocycles. The van der Waals surface area contributed by atoms with E-state index in [4.69, 9.17) is 4.42 Å². The monoisotopic (exact) mass is 283 g/mol. The van der Waals surface area contributed by atoms with E-state index in [1.54, 1.807) is 12.1 Å². The quantitative estimate of drug-likeness (QED) is 0.748. The Balaban J connectivity index is 1.79. The fourth-order valence-corrected chi connectivity index (χ4v) is 2.59. The molecule has 1 unspecified atom stereocenters. The predicted octanol–water partition coefficient (Wildman–Crippen LogP) is 4.73. The van der Waals surface area contributed by atoms with Crippen molar-refractivity contribution in [1.82, 2.24) is 5.32 Å². The van der Waals surface area contributed by atoms with Crippen LogP contribution in [0.1, 0.15) is 29.9 Å². The van der Waals surface area contributed by atoms with Crippen LogP contribution in [-0.4, -0.2) is 0 Å². The van der Waals surface area contributed by atoms with Gasteiger partial charge in [-0.1, -0.05) is 30.3 Å². The SMILES string of the molecule is Cc1oc2ccccc2c1CNC(C)c1cccc(F)c1. The van der Waals surface area contributed by atoms with E-state index in [1.807, 2.05) is 38.1 Å². The van der Waals surface area contributed by atoms with Crippen LogP contribution >= 0.6 is 0 Å². The van der Waals surface area contributed by atoms with Crippen molar-refractivity contribution in [2.45, 2.75) is 26.4 Å². The largest absolute Gasteiger partial charge is 0.461 e. The average molecular weight is 283 g/mol. The number of hydrogen-bond acceptors (Lipinski definition) is 2. The highest BCUT2D eigenvalue weighted by Crippen LogP contribution is 2.25. The summed E-state index contributed by atoms with van der Waals surface area (Å²) in [5, 5.41) is 4.57. The molecule has 1 heterocycles. The second-order valence-electron chi connectivity index (χ2n) is 5.29. The molecule has 108 valence electrons. The summed E-state index contributed by atoms with van der Waals surface area (Å²) in [6.07, 6.45) is 0. The number of aryl methyl sites for hydroxylation is 1. The lowest BCUT2D eigenvalue weighted by atomic mass is 10.1. The molecule has 0 amide bonds. The molecule has 0 radical (unpaired) electrons. The van der Waals surface area contributed by atoms with Crippen molar-refractivity contribution in [2.75, 3.05) is 0 Å². The molecular formula is C18H18FNO. The Kier molecular flexibility index (Phi) is 3.76. The zero-order chi connectivity index (χ0) is 14.8. The number of para-hydroxylation sites is 1. The highest BCUT2D eigenvalue weighted by Gasteiger charge is 2.12. The van der Waals surface area contributed by atoms with Crippen LogP contribution in [0.3, 0.4) is 0 Å². The van der Waals surface area contributed by atoms with Crippen molar-refractivity contribution >= 4 is 11.0 Å². The molecule has 3 rings (SSSR count). The molecule has 2 aromatic carbocycles. The van der Waals surface area contributed by atoms with E-state index in [0.717, 1.165) is 27.9 Å². The van der Waals surface area contributed by atoms with Crippen molar-refractivity contribution in [2.24, 2.45) is 0 Å². The second-order valence-corrected chi connectivity index (χ2v) is 5.29. The molecule has 21 heavy (non-hydrogen) atoms. The minimum atomic E-state index is -0.203. The number of halogens is 1. The van der Waals surface area contributed by atoms with Gasteiger partial charge in [0, 0.05) is 23.5 Å². The normalized spacial score (nSPS) is 12.7. The fraction of sp³-hybridized carbons (Fsp3) is 0.222. The lowest BCUT2D eigenvalue weighted by Crippen LogP contribution is -2.18. The van der Waals surface area contributed by atoms with Crippen LogP contribution < -0.4 is 5.32 Å². The van der Waals surface area contributed by atoms with Gasteiger partial charge >= 0.3 is 0 Å². The molecule has 0 aliphatic heterocycles. The van der Waals surface area contributed by atoms with Crippen LogP contribution in [-0.2, 0) is 6.54 Å². The van der Waals surface area contributed by atoms with E-state index in [1.165, 1.54) is 6.07 Å². The first-order valence-electron chi connectivity index (χ1n) is 7.11. The molecule has 2 nitrogen and oxygen atoms in total. The third kappa shape index (κ3) is 2.83. The highest BCUT2D eigenvalue weighted by molar-refractivity contribution is 5.82. The van der Waals surface area contributed by atoms with Gasteiger partial charge in [-0.3, -0.25) is 0 Å². The highest BCUT2D eigenvalue weighted by atomic mass is 19.1. The standard InChI is InChI=1S/C18H18FNO/c1-12(14-6-5-7-15(19)10-14)20-11-17-13(2)21-18-9-4-3-8-16(17)18/h3-10,12,20H,11H2,1-2H3. The number of benzene rings is 2. The van der Waals surface area contributed by atoms with Gasteiger partial charge in [0.15, 0.2) is 0 Å². The molecule has 1 atom stereocenters. The van der Waals surface area contributed by atoms with Gasteiger partial charge in [0.05, 0.1) is 0 Å². The van der Waals surface area contributed by atoms with E-state index in [9.17, 15) is 4.39 Å². The number of furan rings is 1. The van der Waals surface area contributed by atoms with E-state index < -0.39 is 0 Å². The first-order chi connectivity index (χ1) is 10.1. The van der Waals surface area contributed by atoms with Crippen LogP contribution in [0, 0.1) is 12.7 Å². The van der Waals surface area contributed by atoms with Gasteiger partial charge < -0.3 is 9.73 Å². The van der Waals surface area contributed by atoms with Crippen molar-refractivity contribution in [3.63, 3.8) is 0 Å². The topological polar surface area (TPSA) is 25.2 Å².